The van der Waals surface area contributed by atoms with Crippen LogP contribution >= 0.6 is 23.2 Å². The van der Waals surface area contributed by atoms with Crippen LogP contribution in [0.25, 0.3) is 0 Å². The van der Waals surface area contributed by atoms with E-state index in [2.05, 4.69) is 10.6 Å². The molecule has 0 saturated carbocycles. The lowest BCUT2D eigenvalue weighted by Crippen LogP contribution is -2.64. The summed E-state index contributed by atoms with van der Waals surface area (Å²) < 4.78 is 10.8. The number of nitrogens with zero attached hydrogens (tertiary/aromatic N) is 2. The molecule has 5 rings (SSSR count). The molecule has 0 unspecified atom stereocenters. The van der Waals surface area contributed by atoms with Gasteiger partial charge in [-0.2, -0.15) is 0 Å². The SMILES string of the molecule is O=C(N[C@H]1CCC(=O)N2CCC[C@@H](C(=O)N[C@@H](Cc3ccc(O)cc3)C(=O)COCc3c(Cl)cccc3Cl)N2C1=O)c1ccco1. The minimum absolute atomic E-state index is 0.00257. The molecule has 2 aliphatic rings. The zero-order chi connectivity index (χ0) is 32.8. The predicted octanol–water partition coefficient (Wildman–Crippen LogP) is 3.43. The van der Waals surface area contributed by atoms with Crippen molar-refractivity contribution in [3.05, 3.63) is 87.8 Å². The molecular formula is C32H32Cl2N4O8. The van der Waals surface area contributed by atoms with Gasteiger partial charge in [-0.3, -0.25) is 29.0 Å². The Balaban J connectivity index is 1.33. The summed E-state index contributed by atoms with van der Waals surface area (Å²) in [4.78, 5) is 66.9. The summed E-state index contributed by atoms with van der Waals surface area (Å²) in [6.45, 7) is -0.206. The summed E-state index contributed by atoms with van der Waals surface area (Å²) in [5, 5.41) is 18.2. The van der Waals surface area contributed by atoms with Gasteiger partial charge in [0.05, 0.1) is 18.9 Å². The van der Waals surface area contributed by atoms with Gasteiger partial charge in [0.2, 0.25) is 11.8 Å². The van der Waals surface area contributed by atoms with Gasteiger partial charge < -0.3 is 24.9 Å². The van der Waals surface area contributed by atoms with Crippen LogP contribution < -0.4 is 10.6 Å². The first-order chi connectivity index (χ1) is 22.1. The molecule has 2 fully saturated rings. The van der Waals surface area contributed by atoms with Gasteiger partial charge in [0.15, 0.2) is 11.5 Å². The second-order valence-corrected chi connectivity index (χ2v) is 11.8. The van der Waals surface area contributed by atoms with E-state index < -0.39 is 41.6 Å². The minimum atomic E-state index is -1.12. The number of hydrazine groups is 1. The number of rotatable bonds is 11. The van der Waals surface area contributed by atoms with Crippen molar-refractivity contribution in [3.63, 3.8) is 0 Å². The number of phenolic OH excluding ortho intramolecular Hbond substituents is 1. The molecule has 0 spiro atoms. The number of ether oxygens (including phenoxy) is 1. The number of furan rings is 1. The van der Waals surface area contributed by atoms with Crippen LogP contribution in [0.3, 0.4) is 0 Å². The number of aromatic hydroxyl groups is 1. The topological polar surface area (TPSA) is 158 Å². The lowest BCUT2D eigenvalue weighted by Gasteiger charge is -2.43. The fourth-order valence-electron chi connectivity index (χ4n) is 5.45. The fraction of sp³-hybridized carbons (Fsp3) is 0.344. The van der Waals surface area contributed by atoms with E-state index in [9.17, 15) is 29.1 Å². The quantitative estimate of drug-likeness (QED) is 0.280. The van der Waals surface area contributed by atoms with Gasteiger partial charge in [0.1, 0.15) is 24.4 Å². The van der Waals surface area contributed by atoms with E-state index in [1.807, 2.05) is 0 Å². The highest BCUT2D eigenvalue weighted by Gasteiger charge is 2.45. The number of nitrogens with one attached hydrogen (secondary N) is 2. The van der Waals surface area contributed by atoms with Crippen molar-refractivity contribution in [2.45, 2.75) is 56.8 Å². The van der Waals surface area contributed by atoms with E-state index in [4.69, 9.17) is 32.4 Å². The summed E-state index contributed by atoms with van der Waals surface area (Å²) in [5.41, 5.74) is 1.16. The van der Waals surface area contributed by atoms with Crippen molar-refractivity contribution in [1.29, 1.82) is 0 Å². The molecule has 3 aromatic rings. The second-order valence-electron chi connectivity index (χ2n) is 11.0. The van der Waals surface area contributed by atoms with Crippen LogP contribution in [-0.4, -0.2) is 75.8 Å². The van der Waals surface area contributed by atoms with E-state index >= 15 is 0 Å². The third-order valence-corrected chi connectivity index (χ3v) is 8.56. The van der Waals surface area contributed by atoms with Crippen molar-refractivity contribution in [2.75, 3.05) is 13.2 Å². The Morgan fingerprint density at radius 1 is 1.02 bits per heavy atom. The van der Waals surface area contributed by atoms with Crippen LogP contribution in [0.1, 0.15) is 47.4 Å². The van der Waals surface area contributed by atoms with Gasteiger partial charge in [0.25, 0.3) is 11.8 Å². The maximum Gasteiger partial charge on any atom is 0.287 e. The van der Waals surface area contributed by atoms with Crippen LogP contribution in [0.5, 0.6) is 5.75 Å². The number of ketones is 1. The molecule has 3 heterocycles. The third-order valence-electron chi connectivity index (χ3n) is 7.85. The number of phenols is 1. The average Bonchev–Trinajstić information content (AvgIpc) is 3.56. The summed E-state index contributed by atoms with van der Waals surface area (Å²) in [5.74, 6) is -2.66. The number of hydrogen-bond donors (Lipinski definition) is 3. The molecule has 0 bridgehead atoms. The standard InChI is InChI=1S/C32H32Cl2N4O8/c33-22-4-1-5-23(34)21(22)17-45-18-27(40)25(16-19-8-10-20(39)11-9-19)36-30(42)26-6-2-14-37-29(41)13-12-24(32(44)38(26)37)35-31(43)28-7-3-15-46-28/h1,3-5,7-11,15,24-26,39H,2,6,12-14,16-18H2,(H,35,43)(H,36,42)/t24-,25-,26-/m0/s1. The number of halogens is 2. The Bertz CT molecular complexity index is 1580. The first-order valence-corrected chi connectivity index (χ1v) is 15.5. The Labute approximate surface area is 274 Å². The van der Waals surface area contributed by atoms with Crippen molar-refractivity contribution < 1.29 is 38.2 Å². The van der Waals surface area contributed by atoms with E-state index in [0.29, 0.717) is 27.6 Å². The van der Waals surface area contributed by atoms with Crippen molar-refractivity contribution in [1.82, 2.24) is 20.7 Å². The second kappa shape index (κ2) is 14.8. The lowest BCUT2D eigenvalue weighted by atomic mass is 10.0. The molecule has 14 heteroatoms. The zero-order valence-corrected chi connectivity index (χ0v) is 26.1. The molecular weight excluding hydrogens is 639 g/mol. The Morgan fingerprint density at radius 2 is 1.76 bits per heavy atom. The van der Waals surface area contributed by atoms with Gasteiger partial charge in [-0.05, 0) is 67.6 Å². The van der Waals surface area contributed by atoms with Crippen molar-refractivity contribution in [3.8, 4) is 5.75 Å². The van der Waals surface area contributed by atoms with Gasteiger partial charge in [-0.15, -0.1) is 0 Å². The fourth-order valence-corrected chi connectivity index (χ4v) is 5.96. The summed E-state index contributed by atoms with van der Waals surface area (Å²) in [6.07, 6.45) is 2.07. The highest BCUT2D eigenvalue weighted by molar-refractivity contribution is 6.35. The summed E-state index contributed by atoms with van der Waals surface area (Å²) >= 11 is 12.4. The largest absolute Gasteiger partial charge is 0.508 e. The van der Waals surface area contributed by atoms with Crippen LogP contribution in [0.4, 0.5) is 0 Å². The first kappa shape index (κ1) is 33.0. The molecule has 3 N–H and O–H groups in total. The number of fused-ring (bicyclic) bond motifs is 1. The highest BCUT2D eigenvalue weighted by atomic mass is 35.5. The van der Waals surface area contributed by atoms with E-state index in [0.717, 1.165) is 5.01 Å². The molecule has 3 atom stereocenters. The molecule has 242 valence electrons. The maximum absolute atomic E-state index is 13.9. The van der Waals surface area contributed by atoms with Gasteiger partial charge in [0, 0.05) is 28.6 Å². The lowest BCUT2D eigenvalue weighted by molar-refractivity contribution is -0.176. The smallest absolute Gasteiger partial charge is 0.287 e. The molecule has 2 saturated heterocycles. The van der Waals surface area contributed by atoms with Crippen LogP contribution in [-0.2, 0) is 36.9 Å². The molecule has 2 aromatic carbocycles. The van der Waals surface area contributed by atoms with Gasteiger partial charge in [-0.1, -0.05) is 41.4 Å². The number of amides is 4. The molecule has 1 aromatic heterocycles. The molecule has 0 aliphatic carbocycles. The number of benzene rings is 2. The first-order valence-electron chi connectivity index (χ1n) is 14.7. The van der Waals surface area contributed by atoms with Crippen LogP contribution in [0.2, 0.25) is 10.0 Å². The minimum Gasteiger partial charge on any atom is -0.508 e. The molecule has 2 aliphatic heterocycles. The number of Topliss-reactive ketones (excluding diaryl/α,β-unsaturated/α-hetero) is 1. The van der Waals surface area contributed by atoms with Crippen molar-refractivity contribution in [2.24, 2.45) is 0 Å². The third kappa shape index (κ3) is 7.69. The molecule has 46 heavy (non-hydrogen) atoms. The number of hydrogen-bond acceptors (Lipinski definition) is 8. The normalized spacial score (nSPS) is 18.8. The monoisotopic (exact) mass is 670 g/mol. The summed E-state index contributed by atoms with van der Waals surface area (Å²) in [7, 11) is 0. The molecule has 0 radical (unpaired) electrons. The molecule has 4 amide bonds. The zero-order valence-electron chi connectivity index (χ0n) is 24.6. The maximum atomic E-state index is 13.9. The predicted molar refractivity (Wildman–Crippen MR) is 166 cm³/mol. The van der Waals surface area contributed by atoms with Gasteiger partial charge >= 0.3 is 0 Å². The highest BCUT2D eigenvalue weighted by Crippen LogP contribution is 2.27. The van der Waals surface area contributed by atoms with E-state index in [1.54, 1.807) is 30.3 Å². The molecule has 12 nitrogen and oxygen atoms in total. The van der Waals surface area contributed by atoms with E-state index in [1.165, 1.54) is 35.5 Å². The van der Waals surface area contributed by atoms with Gasteiger partial charge in [-0.25, -0.2) is 5.01 Å². The van der Waals surface area contributed by atoms with Crippen LogP contribution in [0.15, 0.2) is 65.3 Å². The van der Waals surface area contributed by atoms with Crippen molar-refractivity contribution >= 4 is 52.6 Å². The van der Waals surface area contributed by atoms with Crippen LogP contribution in [0, 0.1) is 0 Å². The average molecular weight is 672 g/mol. The summed E-state index contributed by atoms with van der Waals surface area (Å²) in [6, 6.07) is 10.9. The van der Waals surface area contributed by atoms with E-state index in [-0.39, 0.29) is 62.9 Å². The Morgan fingerprint density at radius 3 is 2.46 bits per heavy atom. The Kier molecular flexibility index (Phi) is 10.6. The Hall–Kier alpha value is -4.39. The number of carbonyl (C=O) groups excluding carboxylic acids is 5. The number of carbonyl (C=O) groups is 5.